The summed E-state index contributed by atoms with van der Waals surface area (Å²) in [5, 5.41) is 0. The zero-order chi connectivity index (χ0) is 29.8. The molecular formula is C24H26F6N4O6. The molecule has 0 saturated heterocycles. The number of carbonyl (C=O) groups excluding carboxylic acids is 3. The van der Waals surface area contributed by atoms with Gasteiger partial charge in [0, 0.05) is 31.6 Å². The van der Waals surface area contributed by atoms with Crippen molar-refractivity contribution < 1.29 is 54.9 Å². The average molecular weight is 580 g/mol. The standard InChI is InChI=1S/C24H26F6N4O6/c1-12(2)40-23(37)39-6-5-38-21(36)20-18-11-33(3-4-34(18)22(32-20)24(28,29)30)19(35)9-14(31)7-13-8-16(26)17(27)10-15(13)25/h8,10,12,14H,3-7,9,11,31H2,1-2H3/t14-/m1/s1. The summed E-state index contributed by atoms with van der Waals surface area (Å²) in [5.74, 6) is -6.95. The number of rotatable bonds is 9. The van der Waals surface area contributed by atoms with Gasteiger partial charge in [-0.2, -0.15) is 13.2 Å². The molecule has 0 spiro atoms. The molecule has 10 nitrogen and oxygen atoms in total. The Morgan fingerprint density at radius 1 is 1.02 bits per heavy atom. The summed E-state index contributed by atoms with van der Waals surface area (Å²) >= 11 is 0. The molecule has 0 bridgehead atoms. The maximum atomic E-state index is 13.9. The summed E-state index contributed by atoms with van der Waals surface area (Å²) in [4.78, 5) is 41.3. The van der Waals surface area contributed by atoms with Crippen LogP contribution in [0, 0.1) is 17.5 Å². The van der Waals surface area contributed by atoms with E-state index in [1.807, 2.05) is 0 Å². The average Bonchev–Trinajstić information content (AvgIpc) is 3.24. The van der Waals surface area contributed by atoms with Crippen molar-refractivity contribution in [1.29, 1.82) is 0 Å². The summed E-state index contributed by atoms with van der Waals surface area (Å²) in [6.07, 6.45) is -7.12. The summed E-state index contributed by atoms with van der Waals surface area (Å²) in [6.45, 7) is 1.24. The molecule has 0 aliphatic carbocycles. The fourth-order valence-electron chi connectivity index (χ4n) is 3.94. The van der Waals surface area contributed by atoms with Crippen molar-refractivity contribution >= 4 is 18.0 Å². The minimum absolute atomic E-state index is 0.183. The fraction of sp³-hybridized carbons (Fsp3) is 0.500. The van der Waals surface area contributed by atoms with Crippen molar-refractivity contribution in [3.05, 3.63) is 52.4 Å². The van der Waals surface area contributed by atoms with Crippen LogP contribution in [0.5, 0.6) is 0 Å². The molecule has 2 heterocycles. The lowest BCUT2D eigenvalue weighted by molar-refractivity contribution is -0.148. The number of nitrogens with zero attached hydrogens (tertiary/aromatic N) is 3. The van der Waals surface area contributed by atoms with Crippen LogP contribution in [0.2, 0.25) is 0 Å². The smallest absolute Gasteiger partial charge is 0.457 e. The Hall–Kier alpha value is -3.82. The highest BCUT2D eigenvalue weighted by atomic mass is 19.4. The molecule has 2 aromatic rings. The van der Waals surface area contributed by atoms with Crippen LogP contribution in [0.4, 0.5) is 31.1 Å². The van der Waals surface area contributed by atoms with Gasteiger partial charge in [-0.25, -0.2) is 27.7 Å². The lowest BCUT2D eigenvalue weighted by atomic mass is 10.0. The molecule has 2 N–H and O–H groups in total. The van der Waals surface area contributed by atoms with Crippen molar-refractivity contribution in [1.82, 2.24) is 14.5 Å². The lowest BCUT2D eigenvalue weighted by Gasteiger charge is -2.30. The molecule has 0 radical (unpaired) electrons. The van der Waals surface area contributed by atoms with Gasteiger partial charge in [-0.15, -0.1) is 0 Å². The van der Waals surface area contributed by atoms with Crippen molar-refractivity contribution in [2.75, 3.05) is 19.8 Å². The largest absolute Gasteiger partial charge is 0.508 e. The first-order valence-corrected chi connectivity index (χ1v) is 12.0. The van der Waals surface area contributed by atoms with E-state index in [1.54, 1.807) is 13.8 Å². The number of aromatic nitrogens is 2. The number of imidazole rings is 1. The van der Waals surface area contributed by atoms with E-state index in [9.17, 15) is 40.7 Å². The molecule has 40 heavy (non-hydrogen) atoms. The number of amides is 1. The predicted octanol–water partition coefficient (Wildman–Crippen LogP) is 3.34. The van der Waals surface area contributed by atoms with E-state index in [2.05, 4.69) is 9.72 Å². The zero-order valence-corrected chi connectivity index (χ0v) is 21.4. The number of alkyl halides is 3. The minimum atomic E-state index is -4.92. The number of ether oxygens (including phenoxy) is 3. The van der Waals surface area contributed by atoms with Crippen LogP contribution >= 0.6 is 0 Å². The molecule has 0 fully saturated rings. The van der Waals surface area contributed by atoms with Crippen molar-refractivity contribution in [3.63, 3.8) is 0 Å². The van der Waals surface area contributed by atoms with Gasteiger partial charge in [-0.1, -0.05) is 0 Å². The molecule has 0 unspecified atom stereocenters. The van der Waals surface area contributed by atoms with Crippen molar-refractivity contribution in [2.45, 2.75) is 58.1 Å². The summed E-state index contributed by atoms with van der Waals surface area (Å²) in [6, 6.07) is -0.0485. The number of fused-ring (bicyclic) bond motifs is 1. The third-order valence-corrected chi connectivity index (χ3v) is 5.68. The van der Waals surface area contributed by atoms with E-state index in [4.69, 9.17) is 15.2 Å². The van der Waals surface area contributed by atoms with Crippen LogP contribution in [-0.2, 0) is 44.7 Å². The van der Waals surface area contributed by atoms with Crippen LogP contribution in [0.1, 0.15) is 47.8 Å². The topological polar surface area (TPSA) is 126 Å². The number of halogens is 6. The Balaban J connectivity index is 1.68. The van der Waals surface area contributed by atoms with Crippen LogP contribution in [0.3, 0.4) is 0 Å². The van der Waals surface area contributed by atoms with Gasteiger partial charge in [0.1, 0.15) is 19.0 Å². The van der Waals surface area contributed by atoms with Gasteiger partial charge in [0.2, 0.25) is 11.7 Å². The Morgan fingerprint density at radius 3 is 2.33 bits per heavy atom. The Kier molecular flexibility index (Phi) is 9.65. The maximum absolute atomic E-state index is 13.9. The monoisotopic (exact) mass is 580 g/mol. The second kappa shape index (κ2) is 12.6. The molecule has 1 aliphatic rings. The molecule has 1 aliphatic heterocycles. The van der Waals surface area contributed by atoms with Gasteiger partial charge in [-0.05, 0) is 31.9 Å². The number of esters is 1. The first kappa shape index (κ1) is 30.7. The highest BCUT2D eigenvalue weighted by molar-refractivity contribution is 5.89. The van der Waals surface area contributed by atoms with Crippen LogP contribution in [0.25, 0.3) is 0 Å². The second-order valence-corrected chi connectivity index (χ2v) is 9.12. The summed E-state index contributed by atoms with van der Waals surface area (Å²) < 4.78 is 96.4. The Morgan fingerprint density at radius 2 is 1.68 bits per heavy atom. The van der Waals surface area contributed by atoms with E-state index in [0.717, 1.165) is 9.47 Å². The molecule has 220 valence electrons. The summed E-state index contributed by atoms with van der Waals surface area (Å²) in [7, 11) is 0. The van der Waals surface area contributed by atoms with E-state index >= 15 is 0 Å². The number of carbonyl (C=O) groups is 3. The van der Waals surface area contributed by atoms with Gasteiger partial charge < -0.3 is 29.4 Å². The molecule has 1 aromatic heterocycles. The van der Waals surface area contributed by atoms with E-state index in [-0.39, 0.29) is 30.8 Å². The molecule has 1 amide bonds. The number of hydrogen-bond donors (Lipinski definition) is 1. The maximum Gasteiger partial charge on any atom is 0.508 e. The third kappa shape index (κ3) is 7.64. The first-order valence-electron chi connectivity index (χ1n) is 12.0. The predicted molar refractivity (Wildman–Crippen MR) is 123 cm³/mol. The molecule has 1 aromatic carbocycles. The lowest BCUT2D eigenvalue weighted by Crippen LogP contribution is -2.42. The van der Waals surface area contributed by atoms with Gasteiger partial charge in [-0.3, -0.25) is 4.79 Å². The highest BCUT2D eigenvalue weighted by Crippen LogP contribution is 2.32. The van der Waals surface area contributed by atoms with Crippen LogP contribution in [0.15, 0.2) is 12.1 Å². The van der Waals surface area contributed by atoms with Crippen LogP contribution < -0.4 is 5.73 Å². The normalized spacial score (nSPS) is 14.1. The Bertz CT molecular complexity index is 1270. The summed E-state index contributed by atoms with van der Waals surface area (Å²) in [5.41, 5.74) is 4.74. The van der Waals surface area contributed by atoms with Gasteiger partial charge in [0.25, 0.3) is 0 Å². The first-order chi connectivity index (χ1) is 18.7. The highest BCUT2D eigenvalue weighted by Gasteiger charge is 2.42. The van der Waals surface area contributed by atoms with E-state index in [1.165, 1.54) is 0 Å². The second-order valence-electron chi connectivity index (χ2n) is 9.12. The molecule has 1 atom stereocenters. The van der Waals surface area contributed by atoms with E-state index in [0.29, 0.717) is 12.1 Å². The molecular weight excluding hydrogens is 554 g/mol. The number of hydrogen-bond acceptors (Lipinski definition) is 8. The Labute approximate surface area is 224 Å². The number of benzene rings is 1. The molecule has 16 heteroatoms. The SMILES string of the molecule is CC(C)OC(=O)OCCOC(=O)c1nc(C(F)(F)F)n2c1CN(C(=O)C[C@H](N)Cc1cc(F)c(F)cc1F)CC2. The minimum Gasteiger partial charge on any atom is -0.457 e. The van der Waals surface area contributed by atoms with Gasteiger partial charge >= 0.3 is 18.3 Å². The van der Waals surface area contributed by atoms with Crippen molar-refractivity contribution in [2.24, 2.45) is 5.73 Å². The number of nitrogens with two attached hydrogens (primary N) is 1. The molecule has 0 saturated carbocycles. The van der Waals surface area contributed by atoms with Crippen molar-refractivity contribution in [3.8, 4) is 0 Å². The molecule has 3 rings (SSSR count). The van der Waals surface area contributed by atoms with Crippen LogP contribution in [-0.4, -0.2) is 64.4 Å². The quantitative estimate of drug-likeness (QED) is 0.207. The van der Waals surface area contributed by atoms with E-state index < -0.39 is 91.5 Å². The third-order valence-electron chi connectivity index (χ3n) is 5.68. The van der Waals surface area contributed by atoms with Gasteiger partial charge in [0.15, 0.2) is 17.3 Å². The van der Waals surface area contributed by atoms with Gasteiger partial charge in [0.05, 0.1) is 18.3 Å². The zero-order valence-electron chi connectivity index (χ0n) is 21.4. The fourth-order valence-corrected chi connectivity index (χ4v) is 3.94.